The molecule has 0 amide bonds. The molecule has 1 aliphatic rings. The summed E-state index contributed by atoms with van der Waals surface area (Å²) in [6.07, 6.45) is 0.676. The zero-order valence-electron chi connectivity index (χ0n) is 50.2. The van der Waals surface area contributed by atoms with Crippen molar-refractivity contribution in [3.63, 3.8) is 0 Å². The molecule has 420 valence electrons. The lowest BCUT2D eigenvalue weighted by molar-refractivity contribution is 0.103. The van der Waals surface area contributed by atoms with E-state index < -0.39 is 0 Å². The summed E-state index contributed by atoms with van der Waals surface area (Å²) in [4.78, 5) is 0. The predicted molar refractivity (Wildman–Crippen MR) is 315 cm³/mol. The van der Waals surface area contributed by atoms with E-state index in [1.807, 2.05) is 72.8 Å². The van der Waals surface area contributed by atoms with E-state index in [4.69, 9.17) is 14.2 Å². The van der Waals surface area contributed by atoms with E-state index in [9.17, 15) is 30.6 Å². The van der Waals surface area contributed by atoms with E-state index in [-0.39, 0.29) is 126 Å². The summed E-state index contributed by atoms with van der Waals surface area (Å²) in [6, 6.07) is 23.9. The number of phenols is 6. The van der Waals surface area contributed by atoms with Crippen molar-refractivity contribution in [3.8, 4) is 34.5 Å². The lowest BCUT2D eigenvalue weighted by Crippen LogP contribution is -2.15. The van der Waals surface area contributed by atoms with Gasteiger partial charge in [-0.25, -0.2) is 0 Å². The molecule has 7 rings (SSSR count). The van der Waals surface area contributed by atoms with Crippen LogP contribution < -0.4 is 0 Å². The number of benzene rings is 6. The van der Waals surface area contributed by atoms with E-state index in [1.54, 1.807) is 0 Å². The standard InChI is InChI=1S/C69H90O9/c1-64(2,3)52-22-40-19-41-23-53(65(4,5)6)30-48(59(41)71)36-77-37-49-31-56(68(13,14)15)26-44(62(49)74)21-45-27-57(69(16,17)18)33-51(63(45)75)39-78-38-50-32-55(67(10,11)12)25-43(61(50)73)20-42-24-54(66(7,8)9)29-47(60(42)72)35-76-34-46(28-52)58(40)70/h22-33,70-75H,19-21,34-39H2,1-18H3. The van der Waals surface area contributed by atoms with Crippen LogP contribution >= 0.6 is 0 Å². The Morgan fingerprint density at radius 1 is 0.218 bits per heavy atom. The molecule has 0 saturated heterocycles. The van der Waals surface area contributed by atoms with Gasteiger partial charge in [-0.15, -0.1) is 0 Å². The van der Waals surface area contributed by atoms with Crippen LogP contribution in [0.15, 0.2) is 72.8 Å². The summed E-state index contributed by atoms with van der Waals surface area (Å²) in [5.41, 5.74) is 11.5. The highest BCUT2D eigenvalue weighted by atomic mass is 16.5. The Morgan fingerprint density at radius 2 is 0.333 bits per heavy atom. The van der Waals surface area contributed by atoms with E-state index >= 15 is 0 Å². The van der Waals surface area contributed by atoms with Crippen LogP contribution in [0.4, 0.5) is 0 Å². The number of fused-ring (bicyclic) bond motifs is 12. The first-order valence-electron chi connectivity index (χ1n) is 27.7. The normalized spacial score (nSPS) is 15.0. The second-order valence-electron chi connectivity index (χ2n) is 28.4. The zero-order valence-corrected chi connectivity index (χ0v) is 50.2. The quantitative estimate of drug-likeness (QED) is 0.0874. The first-order chi connectivity index (χ1) is 35.9. The third-order valence-corrected chi connectivity index (χ3v) is 15.5. The van der Waals surface area contributed by atoms with Crippen LogP contribution in [-0.4, -0.2) is 30.6 Å². The van der Waals surface area contributed by atoms with Gasteiger partial charge in [0.15, 0.2) is 0 Å². The molecular formula is C69H90O9. The van der Waals surface area contributed by atoms with Crippen molar-refractivity contribution in [1.29, 1.82) is 0 Å². The molecule has 78 heavy (non-hydrogen) atoms. The van der Waals surface area contributed by atoms with Crippen LogP contribution in [-0.2, 0) is 106 Å². The highest BCUT2D eigenvalue weighted by Crippen LogP contribution is 2.43. The molecule has 0 spiro atoms. The largest absolute Gasteiger partial charge is 0.507 e. The summed E-state index contributed by atoms with van der Waals surface area (Å²) < 4.78 is 19.4. The van der Waals surface area contributed by atoms with E-state index in [1.165, 1.54) is 0 Å². The van der Waals surface area contributed by atoms with Gasteiger partial charge >= 0.3 is 0 Å². The molecule has 0 unspecified atom stereocenters. The second kappa shape index (κ2) is 21.9. The lowest BCUT2D eigenvalue weighted by atomic mass is 9.82. The van der Waals surface area contributed by atoms with E-state index in [2.05, 4.69) is 125 Å². The fourth-order valence-electron chi connectivity index (χ4n) is 10.1. The summed E-state index contributed by atoms with van der Waals surface area (Å²) in [5.74, 6) is 0.434. The summed E-state index contributed by atoms with van der Waals surface area (Å²) in [6.45, 7) is 38.5. The molecule has 0 aliphatic carbocycles. The molecule has 0 atom stereocenters. The molecule has 0 radical (unpaired) electrons. The monoisotopic (exact) mass is 1060 g/mol. The van der Waals surface area contributed by atoms with Gasteiger partial charge in [-0.3, -0.25) is 0 Å². The highest BCUT2D eigenvalue weighted by molar-refractivity contribution is 5.56. The molecule has 9 nitrogen and oxygen atoms in total. The number of ether oxygens (including phenoxy) is 3. The van der Waals surface area contributed by atoms with Crippen molar-refractivity contribution < 1.29 is 44.8 Å². The minimum Gasteiger partial charge on any atom is -0.507 e. The maximum atomic E-state index is 12.2. The minimum absolute atomic E-state index is 0.0483. The van der Waals surface area contributed by atoms with Crippen LogP contribution in [0.25, 0.3) is 0 Å². The summed E-state index contributed by atoms with van der Waals surface area (Å²) in [7, 11) is 0. The van der Waals surface area contributed by atoms with Gasteiger partial charge in [0.25, 0.3) is 0 Å². The minimum atomic E-state index is -0.298. The molecular weight excluding hydrogens is 973 g/mol. The molecule has 9 heteroatoms. The van der Waals surface area contributed by atoms with Crippen LogP contribution in [0.1, 0.15) is 225 Å². The smallest absolute Gasteiger partial charge is 0.124 e. The van der Waals surface area contributed by atoms with Crippen molar-refractivity contribution in [2.24, 2.45) is 0 Å². The molecule has 6 N–H and O–H groups in total. The van der Waals surface area contributed by atoms with Crippen molar-refractivity contribution in [1.82, 2.24) is 0 Å². The fourth-order valence-corrected chi connectivity index (χ4v) is 10.1. The van der Waals surface area contributed by atoms with Gasteiger partial charge in [-0.2, -0.15) is 0 Å². The highest BCUT2D eigenvalue weighted by Gasteiger charge is 2.28. The van der Waals surface area contributed by atoms with Gasteiger partial charge < -0.3 is 44.8 Å². The topological polar surface area (TPSA) is 149 Å². The van der Waals surface area contributed by atoms with Gasteiger partial charge in [0.2, 0.25) is 0 Å². The average molecular weight is 1060 g/mol. The Balaban J connectivity index is 1.41. The lowest BCUT2D eigenvalue weighted by Gasteiger charge is -2.25. The molecule has 1 heterocycles. The van der Waals surface area contributed by atoms with Gasteiger partial charge in [-0.1, -0.05) is 161 Å². The van der Waals surface area contributed by atoms with Crippen LogP contribution in [0.2, 0.25) is 0 Å². The molecule has 12 bridgehead atoms. The van der Waals surface area contributed by atoms with E-state index in [0.29, 0.717) is 66.8 Å². The number of phenolic OH excluding ortho intramolecular Hbond substituents is 6. The van der Waals surface area contributed by atoms with Crippen molar-refractivity contribution in [2.75, 3.05) is 0 Å². The van der Waals surface area contributed by atoms with Crippen molar-refractivity contribution in [3.05, 3.63) is 173 Å². The summed E-state index contributed by atoms with van der Waals surface area (Å²) in [5, 5.41) is 72.9. The van der Waals surface area contributed by atoms with E-state index in [0.717, 1.165) is 33.4 Å². The maximum Gasteiger partial charge on any atom is 0.124 e. The fraction of sp³-hybridized carbons (Fsp3) is 0.478. The summed E-state index contributed by atoms with van der Waals surface area (Å²) >= 11 is 0. The number of rotatable bonds is 0. The first-order valence-corrected chi connectivity index (χ1v) is 27.7. The SMILES string of the molecule is CC(C)(C)c1cc2c(O)c(c1)Cc1cc(C(C)(C)C)cc(c1O)COCc1cc(C(C)(C)C)cc(c1O)Cc1cc(C(C)(C)C)cc(c1O)COCc1cc(C(C)(C)C)cc(c1O)Cc1cc(C(C)(C)C)cc(c1O)COC2. The van der Waals surface area contributed by atoms with Crippen LogP contribution in [0.5, 0.6) is 34.5 Å². The number of hydrogen-bond acceptors (Lipinski definition) is 9. The Morgan fingerprint density at radius 3 is 0.449 bits per heavy atom. The molecule has 6 aromatic carbocycles. The average Bonchev–Trinajstić information content (AvgIpc) is 3.35. The Labute approximate surface area is 466 Å². The van der Waals surface area contributed by atoms with Gasteiger partial charge in [0, 0.05) is 52.6 Å². The van der Waals surface area contributed by atoms with Crippen molar-refractivity contribution in [2.45, 2.75) is 216 Å². The maximum absolute atomic E-state index is 12.2. The Kier molecular flexibility index (Phi) is 16.8. The van der Waals surface area contributed by atoms with Gasteiger partial charge in [0.1, 0.15) is 34.5 Å². The second-order valence-corrected chi connectivity index (χ2v) is 28.4. The Hall–Kier alpha value is -6.00. The van der Waals surface area contributed by atoms with Crippen molar-refractivity contribution >= 4 is 0 Å². The zero-order chi connectivity index (χ0) is 57.8. The predicted octanol–water partition coefficient (Wildman–Crippen LogP) is 15.9. The molecule has 1 aliphatic heterocycles. The Bertz CT molecular complexity index is 2640. The molecule has 0 saturated carbocycles. The molecule has 0 aromatic heterocycles. The molecule has 6 aromatic rings. The number of hydrogen-bond donors (Lipinski definition) is 6. The van der Waals surface area contributed by atoms with Gasteiger partial charge in [-0.05, 0) is 136 Å². The first kappa shape index (κ1) is 59.7. The third kappa shape index (κ3) is 13.7. The number of aromatic hydroxyl groups is 6. The van der Waals surface area contributed by atoms with Crippen LogP contribution in [0, 0.1) is 0 Å². The van der Waals surface area contributed by atoms with Gasteiger partial charge in [0.05, 0.1) is 39.6 Å². The molecule has 0 fully saturated rings. The van der Waals surface area contributed by atoms with Crippen LogP contribution in [0.3, 0.4) is 0 Å². The third-order valence-electron chi connectivity index (χ3n) is 15.5.